The number of carboxylic acid groups (broad SMARTS) is 1. The van der Waals surface area contributed by atoms with E-state index < -0.39 is 27.4 Å². The van der Waals surface area contributed by atoms with Crippen molar-refractivity contribution in [1.29, 1.82) is 0 Å². The van der Waals surface area contributed by atoms with Crippen LogP contribution in [0, 0.1) is 0 Å². The maximum absolute atomic E-state index is 11.2. The highest BCUT2D eigenvalue weighted by atomic mass is 32.2. The van der Waals surface area contributed by atoms with Crippen LogP contribution in [0.5, 0.6) is 0 Å². The van der Waals surface area contributed by atoms with Crippen LogP contribution in [-0.2, 0) is 14.6 Å². The molecule has 2 unspecified atom stereocenters. The van der Waals surface area contributed by atoms with E-state index in [1.807, 2.05) is 0 Å². The van der Waals surface area contributed by atoms with E-state index in [2.05, 4.69) is 5.32 Å². The van der Waals surface area contributed by atoms with E-state index in [4.69, 9.17) is 10.8 Å². The standard InChI is InChI=1S/C8H16N2O4S/c1-8(2-3-15(13,14)5-8)10-4-6(9)7(11)12/h6,10H,2-5,9H2,1H3,(H,11,12). The molecule has 0 bridgehead atoms. The Hall–Kier alpha value is -0.660. The molecule has 1 heterocycles. The normalized spacial score (nSPS) is 31.3. The Labute approximate surface area is 88.8 Å². The van der Waals surface area contributed by atoms with E-state index in [0.717, 1.165) is 0 Å². The minimum Gasteiger partial charge on any atom is -0.480 e. The molecule has 1 fully saturated rings. The van der Waals surface area contributed by atoms with Crippen LogP contribution >= 0.6 is 0 Å². The van der Waals surface area contributed by atoms with Crippen LogP contribution in [0.25, 0.3) is 0 Å². The molecular formula is C8H16N2O4S. The van der Waals surface area contributed by atoms with Crippen molar-refractivity contribution in [2.75, 3.05) is 18.1 Å². The first-order chi connectivity index (χ1) is 6.74. The third-order valence-electron chi connectivity index (χ3n) is 2.57. The highest BCUT2D eigenvalue weighted by molar-refractivity contribution is 7.91. The quantitative estimate of drug-likeness (QED) is 0.552. The molecule has 0 saturated carbocycles. The SMILES string of the molecule is CC1(NCC(N)C(=O)O)CCS(=O)(=O)C1. The second-order valence-corrected chi connectivity index (χ2v) is 6.41. The Morgan fingerprint density at radius 2 is 2.27 bits per heavy atom. The van der Waals surface area contributed by atoms with Crippen LogP contribution in [0.2, 0.25) is 0 Å². The van der Waals surface area contributed by atoms with Crippen LogP contribution < -0.4 is 11.1 Å². The number of rotatable bonds is 4. The van der Waals surface area contributed by atoms with Gasteiger partial charge in [-0.25, -0.2) is 8.42 Å². The fourth-order valence-corrected chi connectivity index (χ4v) is 3.72. The molecule has 1 saturated heterocycles. The van der Waals surface area contributed by atoms with Crippen molar-refractivity contribution in [2.24, 2.45) is 5.73 Å². The zero-order valence-corrected chi connectivity index (χ0v) is 9.38. The molecule has 15 heavy (non-hydrogen) atoms. The lowest BCUT2D eigenvalue weighted by Gasteiger charge is -2.24. The third-order valence-corrected chi connectivity index (χ3v) is 4.47. The van der Waals surface area contributed by atoms with Crippen molar-refractivity contribution in [2.45, 2.75) is 24.9 Å². The summed E-state index contributed by atoms with van der Waals surface area (Å²) in [7, 11) is -2.97. The number of nitrogens with two attached hydrogens (primary N) is 1. The number of sulfone groups is 1. The number of nitrogens with one attached hydrogen (secondary N) is 1. The summed E-state index contributed by atoms with van der Waals surface area (Å²) in [5, 5.41) is 11.5. The molecule has 1 aliphatic rings. The average Bonchev–Trinajstić information content (AvgIpc) is 2.37. The Balaban J connectivity index is 2.49. The molecule has 88 valence electrons. The lowest BCUT2D eigenvalue weighted by atomic mass is 10.0. The highest BCUT2D eigenvalue weighted by Crippen LogP contribution is 2.22. The molecule has 0 amide bonds. The first-order valence-electron chi connectivity index (χ1n) is 4.68. The number of carbonyl (C=O) groups is 1. The van der Waals surface area contributed by atoms with Crippen LogP contribution in [0.15, 0.2) is 0 Å². The van der Waals surface area contributed by atoms with E-state index >= 15 is 0 Å². The minimum absolute atomic E-state index is 0.0480. The number of carboxylic acids is 1. The van der Waals surface area contributed by atoms with Crippen molar-refractivity contribution in [1.82, 2.24) is 5.32 Å². The summed E-state index contributed by atoms with van der Waals surface area (Å²) in [6, 6.07) is -0.995. The maximum atomic E-state index is 11.2. The van der Waals surface area contributed by atoms with Gasteiger partial charge in [0.15, 0.2) is 9.84 Å². The van der Waals surface area contributed by atoms with Crippen LogP contribution in [0.1, 0.15) is 13.3 Å². The van der Waals surface area contributed by atoms with Crippen LogP contribution in [0.3, 0.4) is 0 Å². The van der Waals surface area contributed by atoms with E-state index in [0.29, 0.717) is 6.42 Å². The van der Waals surface area contributed by atoms with E-state index in [9.17, 15) is 13.2 Å². The van der Waals surface area contributed by atoms with Gasteiger partial charge in [-0.05, 0) is 13.3 Å². The molecule has 0 radical (unpaired) electrons. The topological polar surface area (TPSA) is 109 Å². The van der Waals surface area contributed by atoms with E-state index in [1.54, 1.807) is 6.92 Å². The lowest BCUT2D eigenvalue weighted by Crippen LogP contribution is -2.50. The van der Waals surface area contributed by atoms with Gasteiger partial charge in [-0.1, -0.05) is 0 Å². The zero-order valence-electron chi connectivity index (χ0n) is 8.56. The number of hydrogen-bond acceptors (Lipinski definition) is 5. The Morgan fingerprint density at radius 1 is 1.67 bits per heavy atom. The van der Waals surface area contributed by atoms with Crippen LogP contribution in [-0.4, -0.2) is 49.1 Å². The molecule has 7 heteroatoms. The van der Waals surface area contributed by atoms with Crippen LogP contribution in [0.4, 0.5) is 0 Å². The molecule has 2 atom stereocenters. The fraction of sp³-hybridized carbons (Fsp3) is 0.875. The molecule has 6 nitrogen and oxygen atoms in total. The summed E-state index contributed by atoms with van der Waals surface area (Å²) in [5.41, 5.74) is 4.77. The Kier molecular flexibility index (Phi) is 3.37. The molecule has 0 spiro atoms. The predicted octanol–water partition coefficient (Wildman–Crippen LogP) is -1.43. The van der Waals surface area contributed by atoms with Gasteiger partial charge >= 0.3 is 5.97 Å². The van der Waals surface area contributed by atoms with Gasteiger partial charge in [0.05, 0.1) is 11.5 Å². The van der Waals surface area contributed by atoms with Crippen molar-refractivity contribution in [3.8, 4) is 0 Å². The largest absolute Gasteiger partial charge is 0.480 e. The lowest BCUT2D eigenvalue weighted by molar-refractivity contribution is -0.138. The predicted molar refractivity (Wildman–Crippen MR) is 55.3 cm³/mol. The summed E-state index contributed by atoms with van der Waals surface area (Å²) in [4.78, 5) is 10.5. The Bertz CT molecular complexity index is 354. The van der Waals surface area contributed by atoms with Gasteiger partial charge in [0.2, 0.25) is 0 Å². The summed E-state index contributed by atoms with van der Waals surface area (Å²) >= 11 is 0. The molecule has 0 aliphatic carbocycles. The van der Waals surface area contributed by atoms with Gasteiger partial charge in [0.25, 0.3) is 0 Å². The molecule has 0 aromatic rings. The van der Waals surface area contributed by atoms with Gasteiger partial charge in [-0.2, -0.15) is 0 Å². The van der Waals surface area contributed by atoms with Crippen molar-refractivity contribution < 1.29 is 18.3 Å². The van der Waals surface area contributed by atoms with E-state index in [-0.39, 0.29) is 18.1 Å². The van der Waals surface area contributed by atoms with Gasteiger partial charge in [0, 0.05) is 12.1 Å². The molecule has 1 aliphatic heterocycles. The molecule has 4 N–H and O–H groups in total. The summed E-state index contributed by atoms with van der Waals surface area (Å²) in [6.45, 7) is 1.85. The second kappa shape index (κ2) is 4.07. The molecule has 0 aromatic heterocycles. The fourth-order valence-electron chi connectivity index (χ4n) is 1.59. The highest BCUT2D eigenvalue weighted by Gasteiger charge is 2.38. The van der Waals surface area contributed by atoms with Crippen molar-refractivity contribution in [3.63, 3.8) is 0 Å². The zero-order chi connectivity index (χ0) is 11.7. The summed E-state index contributed by atoms with van der Waals surface area (Å²) < 4.78 is 22.5. The monoisotopic (exact) mass is 236 g/mol. The smallest absolute Gasteiger partial charge is 0.321 e. The first kappa shape index (κ1) is 12.4. The van der Waals surface area contributed by atoms with E-state index in [1.165, 1.54) is 0 Å². The Morgan fingerprint density at radius 3 is 2.67 bits per heavy atom. The first-order valence-corrected chi connectivity index (χ1v) is 6.50. The number of hydrogen-bond donors (Lipinski definition) is 3. The van der Waals surface area contributed by atoms with Crippen molar-refractivity contribution >= 4 is 15.8 Å². The molecule has 1 rings (SSSR count). The molecule has 0 aromatic carbocycles. The maximum Gasteiger partial charge on any atom is 0.321 e. The number of aliphatic carboxylic acids is 1. The summed E-state index contributed by atoms with van der Waals surface area (Å²) in [6.07, 6.45) is 0.502. The second-order valence-electron chi connectivity index (χ2n) is 4.23. The van der Waals surface area contributed by atoms with Gasteiger partial charge in [0.1, 0.15) is 6.04 Å². The van der Waals surface area contributed by atoms with Gasteiger partial charge in [-0.3, -0.25) is 4.79 Å². The molecular weight excluding hydrogens is 220 g/mol. The van der Waals surface area contributed by atoms with Gasteiger partial charge in [-0.15, -0.1) is 0 Å². The summed E-state index contributed by atoms with van der Waals surface area (Å²) in [5.74, 6) is -0.891. The van der Waals surface area contributed by atoms with Crippen molar-refractivity contribution in [3.05, 3.63) is 0 Å². The minimum atomic E-state index is -2.97. The average molecular weight is 236 g/mol. The van der Waals surface area contributed by atoms with Gasteiger partial charge < -0.3 is 16.2 Å². The third kappa shape index (κ3) is 3.44.